The summed E-state index contributed by atoms with van der Waals surface area (Å²) in [7, 11) is 0. The highest BCUT2D eigenvalue weighted by Gasteiger charge is 2.18. The summed E-state index contributed by atoms with van der Waals surface area (Å²) in [6.07, 6.45) is 7.19. The summed E-state index contributed by atoms with van der Waals surface area (Å²) in [6.45, 7) is 6.05. The number of carbonyl (C=O) groups excluding carboxylic acids is 1. The molecule has 2 aliphatic rings. The standard InChI is InChI=1S/C20H31N3O/c24-20(11-10-18-6-4-5-7-18)21-12-13-22-14-16-23(17-15-22)19-8-2-1-3-9-19/h1-3,8-9,18H,4-7,10-17H2,(H,21,24). The molecule has 0 atom stereocenters. The predicted octanol–water partition coefficient (Wildman–Crippen LogP) is 2.90. The van der Waals surface area contributed by atoms with E-state index < -0.39 is 0 Å². The Hall–Kier alpha value is -1.55. The second kappa shape index (κ2) is 9.07. The second-order valence-corrected chi connectivity index (χ2v) is 7.20. The molecule has 24 heavy (non-hydrogen) atoms. The van der Waals surface area contributed by atoms with E-state index in [1.807, 2.05) is 0 Å². The maximum Gasteiger partial charge on any atom is 0.220 e. The van der Waals surface area contributed by atoms with Crippen LogP contribution in [0.4, 0.5) is 5.69 Å². The summed E-state index contributed by atoms with van der Waals surface area (Å²) < 4.78 is 0. The Balaban J connectivity index is 1.27. The van der Waals surface area contributed by atoms with Gasteiger partial charge in [0.05, 0.1) is 0 Å². The summed E-state index contributed by atoms with van der Waals surface area (Å²) in [5.74, 6) is 1.05. The van der Waals surface area contributed by atoms with Crippen LogP contribution in [0.5, 0.6) is 0 Å². The number of para-hydroxylation sites is 1. The molecular formula is C20H31N3O. The SMILES string of the molecule is O=C(CCC1CCCC1)NCCN1CCN(c2ccccc2)CC1. The molecule has 2 fully saturated rings. The third-order valence-corrected chi connectivity index (χ3v) is 5.50. The molecule has 1 N–H and O–H groups in total. The number of benzene rings is 1. The van der Waals surface area contributed by atoms with Crippen LogP contribution in [0, 0.1) is 5.92 Å². The Bertz CT molecular complexity index is 491. The summed E-state index contributed by atoms with van der Waals surface area (Å²) in [5, 5.41) is 3.10. The average molecular weight is 329 g/mol. The highest BCUT2D eigenvalue weighted by molar-refractivity contribution is 5.75. The first kappa shape index (κ1) is 17.3. The summed E-state index contributed by atoms with van der Waals surface area (Å²) in [5.41, 5.74) is 1.32. The minimum Gasteiger partial charge on any atom is -0.369 e. The van der Waals surface area contributed by atoms with E-state index in [1.165, 1.54) is 31.4 Å². The van der Waals surface area contributed by atoms with Crippen molar-refractivity contribution in [1.29, 1.82) is 0 Å². The number of piperazine rings is 1. The lowest BCUT2D eigenvalue weighted by atomic mass is 10.0. The maximum absolute atomic E-state index is 11.9. The van der Waals surface area contributed by atoms with Gasteiger partial charge in [0.1, 0.15) is 0 Å². The molecule has 1 saturated heterocycles. The van der Waals surface area contributed by atoms with Gasteiger partial charge in [-0.15, -0.1) is 0 Å². The Kier molecular flexibility index (Phi) is 6.53. The van der Waals surface area contributed by atoms with Gasteiger partial charge in [-0.05, 0) is 24.5 Å². The van der Waals surface area contributed by atoms with Crippen molar-refractivity contribution in [3.05, 3.63) is 30.3 Å². The molecule has 4 heteroatoms. The Morgan fingerprint density at radius 3 is 2.46 bits per heavy atom. The van der Waals surface area contributed by atoms with Crippen molar-refractivity contribution in [3.63, 3.8) is 0 Å². The molecule has 0 bridgehead atoms. The van der Waals surface area contributed by atoms with Gasteiger partial charge in [-0.1, -0.05) is 43.9 Å². The highest BCUT2D eigenvalue weighted by atomic mass is 16.1. The predicted molar refractivity (Wildman–Crippen MR) is 99.3 cm³/mol. The molecule has 4 nitrogen and oxygen atoms in total. The molecule has 0 spiro atoms. The van der Waals surface area contributed by atoms with Crippen LogP contribution < -0.4 is 10.2 Å². The van der Waals surface area contributed by atoms with Gasteiger partial charge in [0.15, 0.2) is 0 Å². The number of carbonyl (C=O) groups is 1. The number of nitrogens with one attached hydrogen (secondary N) is 1. The molecule has 3 rings (SSSR count). The fourth-order valence-corrected chi connectivity index (χ4v) is 3.94. The molecular weight excluding hydrogens is 298 g/mol. The molecule has 1 amide bonds. The van der Waals surface area contributed by atoms with E-state index in [1.54, 1.807) is 0 Å². The molecule has 0 radical (unpaired) electrons. The fraction of sp³-hybridized carbons (Fsp3) is 0.650. The van der Waals surface area contributed by atoms with E-state index in [4.69, 9.17) is 0 Å². The summed E-state index contributed by atoms with van der Waals surface area (Å²) >= 11 is 0. The molecule has 1 aliphatic carbocycles. The molecule has 0 unspecified atom stereocenters. The maximum atomic E-state index is 11.9. The van der Waals surface area contributed by atoms with Gasteiger partial charge < -0.3 is 10.2 Å². The van der Waals surface area contributed by atoms with Crippen LogP contribution in [0.15, 0.2) is 30.3 Å². The van der Waals surface area contributed by atoms with Gasteiger partial charge in [0.2, 0.25) is 5.91 Å². The van der Waals surface area contributed by atoms with Crippen molar-refractivity contribution in [2.45, 2.75) is 38.5 Å². The molecule has 0 aromatic heterocycles. The van der Waals surface area contributed by atoms with E-state index in [0.29, 0.717) is 6.42 Å². The normalized spacial score (nSPS) is 19.6. The second-order valence-electron chi connectivity index (χ2n) is 7.20. The van der Waals surface area contributed by atoms with Crippen molar-refractivity contribution >= 4 is 11.6 Å². The molecule has 1 saturated carbocycles. The van der Waals surface area contributed by atoms with Crippen LogP contribution in [0.3, 0.4) is 0 Å². The largest absolute Gasteiger partial charge is 0.369 e. The number of amides is 1. The fourth-order valence-electron chi connectivity index (χ4n) is 3.94. The van der Waals surface area contributed by atoms with Crippen LogP contribution in [0.1, 0.15) is 38.5 Å². The van der Waals surface area contributed by atoms with Gasteiger partial charge in [-0.2, -0.15) is 0 Å². The number of hydrogen-bond acceptors (Lipinski definition) is 3. The lowest BCUT2D eigenvalue weighted by molar-refractivity contribution is -0.121. The van der Waals surface area contributed by atoms with E-state index >= 15 is 0 Å². The zero-order valence-corrected chi connectivity index (χ0v) is 14.8. The Morgan fingerprint density at radius 1 is 1.04 bits per heavy atom. The van der Waals surface area contributed by atoms with E-state index in [-0.39, 0.29) is 5.91 Å². The van der Waals surface area contributed by atoms with Gasteiger partial charge in [0, 0.05) is 51.4 Å². The van der Waals surface area contributed by atoms with Crippen molar-refractivity contribution in [2.24, 2.45) is 5.92 Å². The van der Waals surface area contributed by atoms with Crippen LogP contribution in [0.2, 0.25) is 0 Å². The van der Waals surface area contributed by atoms with Gasteiger partial charge in [-0.25, -0.2) is 0 Å². The minimum atomic E-state index is 0.241. The van der Waals surface area contributed by atoms with Crippen LogP contribution in [0.25, 0.3) is 0 Å². The van der Waals surface area contributed by atoms with Crippen molar-refractivity contribution in [3.8, 4) is 0 Å². The third kappa shape index (κ3) is 5.23. The van der Waals surface area contributed by atoms with E-state index in [2.05, 4.69) is 45.4 Å². The lowest BCUT2D eigenvalue weighted by Gasteiger charge is -2.36. The first-order valence-corrected chi connectivity index (χ1v) is 9.60. The van der Waals surface area contributed by atoms with Crippen molar-refractivity contribution < 1.29 is 4.79 Å². The van der Waals surface area contributed by atoms with E-state index in [0.717, 1.165) is 51.6 Å². The lowest BCUT2D eigenvalue weighted by Crippen LogP contribution is -2.48. The molecule has 132 valence electrons. The monoisotopic (exact) mass is 329 g/mol. The number of rotatable bonds is 7. The molecule has 1 heterocycles. The number of anilines is 1. The Morgan fingerprint density at radius 2 is 1.75 bits per heavy atom. The number of nitrogens with zero attached hydrogens (tertiary/aromatic N) is 2. The van der Waals surface area contributed by atoms with Crippen molar-refractivity contribution in [2.75, 3.05) is 44.2 Å². The van der Waals surface area contributed by atoms with Crippen molar-refractivity contribution in [1.82, 2.24) is 10.2 Å². The molecule has 1 aliphatic heterocycles. The average Bonchev–Trinajstić information content (AvgIpc) is 3.15. The zero-order valence-electron chi connectivity index (χ0n) is 14.8. The molecule has 1 aromatic carbocycles. The Labute approximate surface area is 146 Å². The van der Waals surface area contributed by atoms with Gasteiger partial charge in [0.25, 0.3) is 0 Å². The number of hydrogen-bond donors (Lipinski definition) is 1. The summed E-state index contributed by atoms with van der Waals surface area (Å²) in [4.78, 5) is 16.8. The van der Waals surface area contributed by atoms with Crippen LogP contribution in [-0.4, -0.2) is 50.1 Å². The zero-order chi connectivity index (χ0) is 16.6. The minimum absolute atomic E-state index is 0.241. The molecule has 1 aromatic rings. The smallest absolute Gasteiger partial charge is 0.220 e. The van der Waals surface area contributed by atoms with Crippen LogP contribution >= 0.6 is 0 Å². The van der Waals surface area contributed by atoms with E-state index in [9.17, 15) is 4.79 Å². The third-order valence-electron chi connectivity index (χ3n) is 5.50. The van der Waals surface area contributed by atoms with Crippen LogP contribution in [-0.2, 0) is 4.79 Å². The van der Waals surface area contributed by atoms with Gasteiger partial charge >= 0.3 is 0 Å². The van der Waals surface area contributed by atoms with Gasteiger partial charge in [-0.3, -0.25) is 9.69 Å². The summed E-state index contributed by atoms with van der Waals surface area (Å²) in [6, 6.07) is 10.6. The first-order valence-electron chi connectivity index (χ1n) is 9.60. The quantitative estimate of drug-likeness (QED) is 0.835. The first-order chi connectivity index (χ1) is 11.8. The highest BCUT2D eigenvalue weighted by Crippen LogP contribution is 2.28. The topological polar surface area (TPSA) is 35.6 Å².